The highest BCUT2D eigenvalue weighted by Crippen LogP contribution is 2.13. The molecule has 0 fully saturated rings. The van der Waals surface area contributed by atoms with Gasteiger partial charge in [-0.1, -0.05) is 58.3 Å². The standard InChI is InChI=1S/C16H31NO3/c1-3-4-5-6-7-8-9-10-11-12-14(18)13-16(2,17)15(19)20/h3-13,17H2,1-2H3,(H,19,20). The maximum Gasteiger partial charge on any atom is 0.323 e. The third-order valence-corrected chi connectivity index (χ3v) is 3.61. The molecule has 4 heteroatoms. The van der Waals surface area contributed by atoms with Crippen LogP contribution in [0.25, 0.3) is 0 Å². The van der Waals surface area contributed by atoms with Gasteiger partial charge in [0.25, 0.3) is 0 Å². The van der Waals surface area contributed by atoms with E-state index >= 15 is 0 Å². The second-order valence-electron chi connectivity index (χ2n) is 6.02. The highest BCUT2D eigenvalue weighted by atomic mass is 16.4. The zero-order valence-corrected chi connectivity index (χ0v) is 13.1. The van der Waals surface area contributed by atoms with Gasteiger partial charge in [0, 0.05) is 12.8 Å². The number of aliphatic carboxylic acids is 1. The molecule has 1 unspecified atom stereocenters. The monoisotopic (exact) mass is 285 g/mol. The number of carbonyl (C=O) groups excluding carboxylic acids is 1. The van der Waals surface area contributed by atoms with Gasteiger partial charge in [0.05, 0.1) is 0 Å². The molecule has 1 atom stereocenters. The van der Waals surface area contributed by atoms with Gasteiger partial charge in [0.15, 0.2) is 0 Å². The Morgan fingerprint density at radius 3 is 1.85 bits per heavy atom. The Bertz CT molecular complexity index is 287. The molecule has 0 aliphatic heterocycles. The summed E-state index contributed by atoms with van der Waals surface area (Å²) < 4.78 is 0. The lowest BCUT2D eigenvalue weighted by molar-refractivity contribution is -0.144. The summed E-state index contributed by atoms with van der Waals surface area (Å²) in [5, 5.41) is 8.84. The summed E-state index contributed by atoms with van der Waals surface area (Å²) in [6.07, 6.45) is 11.2. The fourth-order valence-electron chi connectivity index (χ4n) is 2.21. The number of ketones is 1. The predicted molar refractivity (Wildman–Crippen MR) is 81.7 cm³/mol. The first-order chi connectivity index (χ1) is 9.40. The number of hydrogen-bond acceptors (Lipinski definition) is 3. The molecule has 0 spiro atoms. The average Bonchev–Trinajstić information content (AvgIpc) is 2.36. The van der Waals surface area contributed by atoms with E-state index in [1.807, 2.05) is 0 Å². The largest absolute Gasteiger partial charge is 0.480 e. The molecule has 0 aliphatic carbocycles. The van der Waals surface area contributed by atoms with Crippen LogP contribution in [0.3, 0.4) is 0 Å². The number of Topliss-reactive ketones (excluding diaryl/α,β-unsaturated/α-hetero) is 1. The molecule has 3 N–H and O–H groups in total. The van der Waals surface area contributed by atoms with Crippen molar-refractivity contribution < 1.29 is 14.7 Å². The number of carboxylic acids is 1. The Labute approximate surface area is 123 Å². The lowest BCUT2D eigenvalue weighted by Crippen LogP contribution is -2.46. The Morgan fingerprint density at radius 2 is 1.40 bits per heavy atom. The van der Waals surface area contributed by atoms with E-state index in [1.165, 1.54) is 45.4 Å². The summed E-state index contributed by atoms with van der Waals surface area (Å²) >= 11 is 0. The Kier molecular flexibility index (Phi) is 10.3. The number of rotatable bonds is 13. The minimum atomic E-state index is -1.42. The van der Waals surface area contributed by atoms with Gasteiger partial charge < -0.3 is 10.8 Å². The first kappa shape index (κ1) is 19.1. The highest BCUT2D eigenvalue weighted by Gasteiger charge is 2.30. The van der Waals surface area contributed by atoms with E-state index in [9.17, 15) is 9.59 Å². The molecule has 0 bridgehead atoms. The third-order valence-electron chi connectivity index (χ3n) is 3.61. The molecule has 0 amide bonds. The van der Waals surface area contributed by atoms with Crippen molar-refractivity contribution in [2.24, 2.45) is 5.73 Å². The maximum absolute atomic E-state index is 11.6. The van der Waals surface area contributed by atoms with E-state index in [0.29, 0.717) is 6.42 Å². The second-order valence-corrected chi connectivity index (χ2v) is 6.02. The summed E-state index contributed by atoms with van der Waals surface area (Å²) in [5.41, 5.74) is 4.13. The summed E-state index contributed by atoms with van der Waals surface area (Å²) in [6.45, 7) is 3.61. The van der Waals surface area contributed by atoms with Crippen molar-refractivity contribution in [1.29, 1.82) is 0 Å². The lowest BCUT2D eigenvalue weighted by Gasteiger charge is -2.17. The maximum atomic E-state index is 11.6. The summed E-state index contributed by atoms with van der Waals surface area (Å²) in [5.74, 6) is -1.15. The van der Waals surface area contributed by atoms with Gasteiger partial charge in [-0.2, -0.15) is 0 Å². The van der Waals surface area contributed by atoms with Crippen LogP contribution in [0.5, 0.6) is 0 Å². The fraction of sp³-hybridized carbons (Fsp3) is 0.875. The van der Waals surface area contributed by atoms with Gasteiger partial charge in [-0.05, 0) is 13.3 Å². The van der Waals surface area contributed by atoms with Crippen molar-refractivity contribution in [3.63, 3.8) is 0 Å². The van der Waals surface area contributed by atoms with Crippen molar-refractivity contribution in [3.8, 4) is 0 Å². The highest BCUT2D eigenvalue weighted by molar-refractivity contribution is 5.88. The van der Waals surface area contributed by atoms with Crippen LogP contribution in [0.4, 0.5) is 0 Å². The van der Waals surface area contributed by atoms with E-state index in [0.717, 1.165) is 19.3 Å². The summed E-state index contributed by atoms with van der Waals surface area (Å²) in [7, 11) is 0. The third kappa shape index (κ3) is 9.96. The molecule has 0 saturated heterocycles. The van der Waals surface area contributed by atoms with Crippen LogP contribution in [0.2, 0.25) is 0 Å². The molecule has 0 heterocycles. The number of hydrogen-bond donors (Lipinski definition) is 2. The van der Waals surface area contributed by atoms with Crippen LogP contribution >= 0.6 is 0 Å². The van der Waals surface area contributed by atoms with Gasteiger partial charge in [-0.15, -0.1) is 0 Å². The predicted octanol–water partition coefficient (Wildman–Crippen LogP) is 3.67. The molecule has 0 aromatic rings. The van der Waals surface area contributed by atoms with Crippen molar-refractivity contribution in [2.45, 2.75) is 90.0 Å². The number of carboxylic acid groups (broad SMARTS) is 1. The van der Waals surface area contributed by atoms with E-state index < -0.39 is 11.5 Å². The van der Waals surface area contributed by atoms with Gasteiger partial charge in [0.2, 0.25) is 0 Å². The number of nitrogens with two attached hydrogens (primary N) is 1. The van der Waals surface area contributed by atoms with Crippen LogP contribution in [0.15, 0.2) is 0 Å². The van der Waals surface area contributed by atoms with E-state index in [-0.39, 0.29) is 12.2 Å². The molecular weight excluding hydrogens is 254 g/mol. The minimum Gasteiger partial charge on any atom is -0.480 e. The van der Waals surface area contributed by atoms with Crippen LogP contribution in [-0.4, -0.2) is 22.4 Å². The van der Waals surface area contributed by atoms with Crippen molar-refractivity contribution in [1.82, 2.24) is 0 Å². The van der Waals surface area contributed by atoms with E-state index in [1.54, 1.807) is 0 Å². The average molecular weight is 285 g/mol. The van der Waals surface area contributed by atoms with Crippen molar-refractivity contribution >= 4 is 11.8 Å². The van der Waals surface area contributed by atoms with Crippen LogP contribution in [-0.2, 0) is 9.59 Å². The molecule has 0 rings (SSSR count). The first-order valence-corrected chi connectivity index (χ1v) is 7.94. The van der Waals surface area contributed by atoms with Crippen molar-refractivity contribution in [3.05, 3.63) is 0 Å². The van der Waals surface area contributed by atoms with Gasteiger partial charge in [0.1, 0.15) is 11.3 Å². The number of unbranched alkanes of at least 4 members (excludes halogenated alkanes) is 8. The zero-order chi connectivity index (χ0) is 15.4. The minimum absolute atomic E-state index is 0.0413. The molecule has 0 aromatic heterocycles. The number of carbonyl (C=O) groups is 2. The van der Waals surface area contributed by atoms with E-state index in [2.05, 4.69) is 6.92 Å². The Hall–Kier alpha value is -0.900. The summed E-state index contributed by atoms with van der Waals surface area (Å²) in [6, 6.07) is 0. The van der Waals surface area contributed by atoms with Gasteiger partial charge >= 0.3 is 5.97 Å². The smallest absolute Gasteiger partial charge is 0.323 e. The topological polar surface area (TPSA) is 80.4 Å². The molecule has 20 heavy (non-hydrogen) atoms. The van der Waals surface area contributed by atoms with E-state index in [4.69, 9.17) is 10.8 Å². The summed E-state index contributed by atoms with van der Waals surface area (Å²) in [4.78, 5) is 22.4. The molecule has 0 radical (unpaired) electrons. The first-order valence-electron chi connectivity index (χ1n) is 7.94. The Morgan fingerprint density at radius 1 is 0.950 bits per heavy atom. The molecule has 4 nitrogen and oxygen atoms in total. The quantitative estimate of drug-likeness (QED) is 0.506. The fourth-order valence-corrected chi connectivity index (χ4v) is 2.21. The van der Waals surface area contributed by atoms with Gasteiger partial charge in [-0.25, -0.2) is 0 Å². The van der Waals surface area contributed by atoms with Crippen LogP contribution in [0, 0.1) is 0 Å². The Balaban J connectivity index is 3.47. The molecule has 0 saturated carbocycles. The molecule has 118 valence electrons. The second kappa shape index (κ2) is 10.8. The SMILES string of the molecule is CCCCCCCCCCCC(=O)CC(C)(N)C(=O)O. The van der Waals surface area contributed by atoms with Gasteiger partial charge in [-0.3, -0.25) is 9.59 Å². The van der Waals surface area contributed by atoms with Crippen LogP contribution < -0.4 is 5.73 Å². The normalized spacial score (nSPS) is 13.9. The zero-order valence-electron chi connectivity index (χ0n) is 13.1. The van der Waals surface area contributed by atoms with Crippen molar-refractivity contribution in [2.75, 3.05) is 0 Å². The van der Waals surface area contributed by atoms with Crippen LogP contribution in [0.1, 0.15) is 84.5 Å². The molecular formula is C16H31NO3. The lowest BCUT2D eigenvalue weighted by atomic mass is 9.94. The molecule has 0 aromatic carbocycles. The molecule has 0 aliphatic rings.